The number of para-hydroxylation sites is 1. The number of esters is 1. The van der Waals surface area contributed by atoms with E-state index in [2.05, 4.69) is 13.8 Å². The Hall–Kier alpha value is -3.15. The van der Waals surface area contributed by atoms with E-state index >= 15 is 0 Å². The quantitative estimate of drug-likeness (QED) is 0.608. The van der Waals surface area contributed by atoms with E-state index in [0.717, 1.165) is 23.2 Å². The number of carbonyl (C=O) groups excluding carboxylic acids is 3. The summed E-state index contributed by atoms with van der Waals surface area (Å²) in [6.07, 6.45) is 1.06. The van der Waals surface area contributed by atoms with E-state index in [4.69, 9.17) is 4.74 Å². The maximum atomic E-state index is 12.6. The van der Waals surface area contributed by atoms with Crippen LogP contribution in [0.15, 0.2) is 54.6 Å². The first-order valence-corrected chi connectivity index (χ1v) is 10.7. The molecule has 2 atom stereocenters. The van der Waals surface area contributed by atoms with E-state index in [9.17, 15) is 14.4 Å². The highest BCUT2D eigenvalue weighted by Gasteiger charge is 2.37. The number of likely N-dealkylation sites (N-methyl/N-ethyl adjacent to an activating group) is 1. The Morgan fingerprint density at radius 1 is 1.13 bits per heavy atom. The topological polar surface area (TPSA) is 66.9 Å². The number of anilines is 1. The van der Waals surface area contributed by atoms with Crippen molar-refractivity contribution in [1.29, 1.82) is 0 Å². The molecule has 0 spiro atoms. The molecule has 0 unspecified atom stereocenters. The molecule has 2 amide bonds. The van der Waals surface area contributed by atoms with Gasteiger partial charge in [-0.1, -0.05) is 62.4 Å². The molecule has 0 bridgehead atoms. The van der Waals surface area contributed by atoms with Crippen molar-refractivity contribution < 1.29 is 19.1 Å². The zero-order valence-electron chi connectivity index (χ0n) is 18.4. The van der Waals surface area contributed by atoms with E-state index in [1.165, 1.54) is 4.90 Å². The highest BCUT2D eigenvalue weighted by Crippen LogP contribution is 2.33. The lowest BCUT2D eigenvalue weighted by molar-refractivity contribution is -0.155. The average molecular weight is 423 g/mol. The molecule has 1 aliphatic rings. The minimum Gasteiger partial charge on any atom is -0.455 e. The Morgan fingerprint density at radius 2 is 1.81 bits per heavy atom. The van der Waals surface area contributed by atoms with Gasteiger partial charge in [-0.25, -0.2) is 0 Å². The molecule has 6 nitrogen and oxygen atoms in total. The summed E-state index contributed by atoms with van der Waals surface area (Å²) in [5.41, 5.74) is 2.96. The average Bonchev–Trinajstić information content (AvgIpc) is 3.18. The number of nitrogens with zero attached hydrogens (tertiary/aromatic N) is 2. The molecule has 1 saturated heterocycles. The van der Waals surface area contributed by atoms with Crippen molar-refractivity contribution in [3.8, 4) is 0 Å². The molecule has 1 aliphatic heterocycles. The minimum atomic E-state index is -0.565. The van der Waals surface area contributed by atoms with Gasteiger partial charge in [-0.3, -0.25) is 14.4 Å². The second kappa shape index (κ2) is 10.2. The summed E-state index contributed by atoms with van der Waals surface area (Å²) in [5.74, 6) is -1.12. The van der Waals surface area contributed by atoms with Gasteiger partial charge in [0.1, 0.15) is 0 Å². The van der Waals surface area contributed by atoms with E-state index in [1.807, 2.05) is 54.6 Å². The lowest BCUT2D eigenvalue weighted by atomic mass is 9.96. The maximum absolute atomic E-state index is 12.6. The van der Waals surface area contributed by atoms with Crippen LogP contribution in [0.5, 0.6) is 0 Å². The number of ether oxygens (including phenoxy) is 1. The predicted molar refractivity (Wildman–Crippen MR) is 119 cm³/mol. The monoisotopic (exact) mass is 422 g/mol. The van der Waals surface area contributed by atoms with Crippen molar-refractivity contribution in [3.63, 3.8) is 0 Å². The Morgan fingerprint density at radius 3 is 2.52 bits per heavy atom. The molecule has 2 aromatic rings. The SMILES string of the molecule is CC[C@H](C)c1ccccc1N1C[C@@H](C(=O)OCC(=O)N(C)Cc2ccccc2)CC1=O. The number of hydrogen-bond acceptors (Lipinski definition) is 4. The predicted octanol–water partition coefficient (Wildman–Crippen LogP) is 3.75. The summed E-state index contributed by atoms with van der Waals surface area (Å²) in [6, 6.07) is 17.4. The van der Waals surface area contributed by atoms with Gasteiger partial charge in [-0.2, -0.15) is 0 Å². The third kappa shape index (κ3) is 5.51. The highest BCUT2D eigenvalue weighted by molar-refractivity contribution is 6.00. The van der Waals surface area contributed by atoms with Crippen LogP contribution < -0.4 is 4.90 Å². The first-order chi connectivity index (χ1) is 14.9. The molecule has 3 rings (SSSR count). The fourth-order valence-electron chi connectivity index (χ4n) is 3.77. The Balaban J connectivity index is 1.57. The lowest BCUT2D eigenvalue weighted by Crippen LogP contribution is -2.32. The maximum Gasteiger partial charge on any atom is 0.311 e. The van der Waals surface area contributed by atoms with Gasteiger partial charge in [0.25, 0.3) is 5.91 Å². The van der Waals surface area contributed by atoms with Crippen LogP contribution in [0.4, 0.5) is 5.69 Å². The Labute approximate surface area is 183 Å². The van der Waals surface area contributed by atoms with E-state index in [0.29, 0.717) is 12.5 Å². The number of hydrogen-bond donors (Lipinski definition) is 0. The van der Waals surface area contributed by atoms with Gasteiger partial charge >= 0.3 is 5.97 Å². The summed E-state index contributed by atoms with van der Waals surface area (Å²) in [7, 11) is 1.68. The first-order valence-electron chi connectivity index (χ1n) is 10.7. The number of benzene rings is 2. The van der Waals surface area contributed by atoms with Crippen LogP contribution in [0.2, 0.25) is 0 Å². The van der Waals surface area contributed by atoms with Crippen LogP contribution in [-0.4, -0.2) is 42.9 Å². The van der Waals surface area contributed by atoms with Gasteiger partial charge < -0.3 is 14.5 Å². The molecule has 6 heteroatoms. The summed E-state index contributed by atoms with van der Waals surface area (Å²) in [5, 5.41) is 0. The summed E-state index contributed by atoms with van der Waals surface area (Å²) >= 11 is 0. The molecule has 0 radical (unpaired) electrons. The summed E-state index contributed by atoms with van der Waals surface area (Å²) in [6.45, 7) is 4.64. The van der Waals surface area contributed by atoms with Crippen LogP contribution in [0, 0.1) is 5.92 Å². The molecule has 31 heavy (non-hydrogen) atoms. The molecule has 0 aliphatic carbocycles. The molecule has 0 N–H and O–H groups in total. The van der Waals surface area contributed by atoms with Crippen molar-refractivity contribution in [2.24, 2.45) is 5.92 Å². The largest absolute Gasteiger partial charge is 0.455 e. The van der Waals surface area contributed by atoms with Crippen LogP contribution in [0.25, 0.3) is 0 Å². The minimum absolute atomic E-state index is 0.0924. The molecular formula is C25H30N2O4. The molecule has 1 heterocycles. The van der Waals surface area contributed by atoms with E-state index in [1.54, 1.807) is 11.9 Å². The van der Waals surface area contributed by atoms with Gasteiger partial charge in [0, 0.05) is 32.2 Å². The smallest absolute Gasteiger partial charge is 0.311 e. The molecular weight excluding hydrogens is 392 g/mol. The zero-order valence-corrected chi connectivity index (χ0v) is 18.4. The van der Waals surface area contributed by atoms with Gasteiger partial charge in [0.2, 0.25) is 5.91 Å². The molecule has 2 aromatic carbocycles. The number of amides is 2. The fraction of sp³-hybridized carbons (Fsp3) is 0.400. The molecule has 0 saturated carbocycles. The second-order valence-electron chi connectivity index (χ2n) is 8.12. The Bertz CT molecular complexity index is 928. The number of carbonyl (C=O) groups is 3. The third-order valence-corrected chi connectivity index (χ3v) is 5.86. The highest BCUT2D eigenvalue weighted by atomic mass is 16.5. The lowest BCUT2D eigenvalue weighted by Gasteiger charge is -2.23. The van der Waals surface area contributed by atoms with E-state index in [-0.39, 0.29) is 31.4 Å². The van der Waals surface area contributed by atoms with Gasteiger partial charge in [-0.15, -0.1) is 0 Å². The first kappa shape index (κ1) is 22.5. The van der Waals surface area contributed by atoms with Gasteiger partial charge in [0.15, 0.2) is 6.61 Å². The fourth-order valence-corrected chi connectivity index (χ4v) is 3.77. The van der Waals surface area contributed by atoms with Crippen molar-refractivity contribution in [2.45, 2.75) is 39.2 Å². The second-order valence-corrected chi connectivity index (χ2v) is 8.12. The molecule has 164 valence electrons. The van der Waals surface area contributed by atoms with Crippen LogP contribution in [0.1, 0.15) is 43.7 Å². The van der Waals surface area contributed by atoms with Crippen molar-refractivity contribution in [2.75, 3.05) is 25.1 Å². The molecule has 1 fully saturated rings. The molecule has 0 aromatic heterocycles. The van der Waals surface area contributed by atoms with Gasteiger partial charge in [0.05, 0.1) is 5.92 Å². The van der Waals surface area contributed by atoms with Crippen LogP contribution in [0.3, 0.4) is 0 Å². The third-order valence-electron chi connectivity index (χ3n) is 5.86. The Kier molecular flexibility index (Phi) is 7.45. The van der Waals surface area contributed by atoms with Crippen LogP contribution >= 0.6 is 0 Å². The van der Waals surface area contributed by atoms with Crippen molar-refractivity contribution in [1.82, 2.24) is 4.90 Å². The van der Waals surface area contributed by atoms with E-state index < -0.39 is 11.9 Å². The summed E-state index contributed by atoms with van der Waals surface area (Å²) < 4.78 is 5.27. The standard InChI is InChI=1S/C25H30N2O4/c1-4-18(2)21-12-8-9-13-22(21)27-16-20(14-23(27)28)25(30)31-17-24(29)26(3)15-19-10-6-5-7-11-19/h5-13,18,20H,4,14-17H2,1-3H3/t18-,20-/m0/s1. The normalized spacial score (nSPS) is 16.8. The number of rotatable bonds is 8. The zero-order chi connectivity index (χ0) is 22.4. The summed E-state index contributed by atoms with van der Waals surface area (Å²) in [4.78, 5) is 40.7. The van der Waals surface area contributed by atoms with Gasteiger partial charge in [-0.05, 0) is 29.5 Å². The van der Waals surface area contributed by atoms with Crippen LogP contribution in [-0.2, 0) is 25.7 Å². The van der Waals surface area contributed by atoms with Crippen molar-refractivity contribution >= 4 is 23.5 Å². The van der Waals surface area contributed by atoms with Crippen molar-refractivity contribution in [3.05, 3.63) is 65.7 Å².